The Hall–Kier alpha value is 0.350. The highest BCUT2D eigenvalue weighted by molar-refractivity contribution is 7.81. The van der Waals surface area contributed by atoms with E-state index in [9.17, 15) is 0 Å². The van der Waals surface area contributed by atoms with Gasteiger partial charge in [0.25, 0.3) is 0 Å². The Morgan fingerprint density at radius 3 is 1.50 bits per heavy atom. The maximum Gasteiger partial charge on any atom is 0.0168 e. The van der Waals surface area contributed by atoms with Gasteiger partial charge < -0.3 is 0 Å². The number of hydrogen-bond donors (Lipinski definition) is 1. The summed E-state index contributed by atoms with van der Waals surface area (Å²) in [5.74, 6) is 1.61. The van der Waals surface area contributed by atoms with E-state index in [4.69, 9.17) is 12.6 Å². The monoisotopic (exact) mass is 214 g/mol. The second-order valence-corrected chi connectivity index (χ2v) is 6.69. The third-order valence-electron chi connectivity index (χ3n) is 4.36. The summed E-state index contributed by atoms with van der Waals surface area (Å²) in [5.41, 5.74) is 0.516. The molecule has 1 saturated carbocycles. The standard InChI is InChI=1S/C13H26S/c1-6-8-10-12(3,4)11(9-7-2)13(10,5)14/h10-11,14H,6-9H2,1-5H3. The van der Waals surface area contributed by atoms with Crippen molar-refractivity contribution in [3.63, 3.8) is 0 Å². The van der Waals surface area contributed by atoms with Gasteiger partial charge in [-0.3, -0.25) is 0 Å². The summed E-state index contributed by atoms with van der Waals surface area (Å²) in [7, 11) is 0. The number of thiol groups is 1. The van der Waals surface area contributed by atoms with Crippen molar-refractivity contribution < 1.29 is 0 Å². The minimum absolute atomic E-state index is 0.287. The van der Waals surface area contributed by atoms with E-state index in [-0.39, 0.29) is 4.75 Å². The summed E-state index contributed by atoms with van der Waals surface area (Å²) in [6.07, 6.45) is 5.27. The van der Waals surface area contributed by atoms with Crippen LogP contribution < -0.4 is 0 Å². The Morgan fingerprint density at radius 1 is 0.929 bits per heavy atom. The largest absolute Gasteiger partial charge is 0.172 e. The van der Waals surface area contributed by atoms with Crippen molar-refractivity contribution in [3.05, 3.63) is 0 Å². The topological polar surface area (TPSA) is 0 Å². The van der Waals surface area contributed by atoms with Gasteiger partial charge >= 0.3 is 0 Å². The molecule has 0 heterocycles. The van der Waals surface area contributed by atoms with Gasteiger partial charge in [0.1, 0.15) is 0 Å². The molecule has 1 aliphatic rings. The van der Waals surface area contributed by atoms with E-state index in [0.29, 0.717) is 5.41 Å². The fraction of sp³-hybridized carbons (Fsp3) is 1.00. The smallest absolute Gasteiger partial charge is 0.0168 e. The van der Waals surface area contributed by atoms with Crippen LogP contribution in [0.15, 0.2) is 0 Å². The summed E-state index contributed by atoms with van der Waals surface area (Å²) in [6.45, 7) is 11.8. The normalized spacial score (nSPS) is 40.7. The van der Waals surface area contributed by atoms with Crippen LogP contribution >= 0.6 is 12.6 Å². The van der Waals surface area contributed by atoms with E-state index in [1.54, 1.807) is 0 Å². The lowest BCUT2D eigenvalue weighted by atomic mass is 9.46. The molecule has 0 spiro atoms. The highest BCUT2D eigenvalue weighted by Crippen LogP contribution is 2.64. The molecule has 0 nitrogen and oxygen atoms in total. The molecule has 0 aromatic rings. The number of hydrogen-bond acceptors (Lipinski definition) is 1. The Bertz CT molecular complexity index is 159. The minimum Gasteiger partial charge on any atom is -0.172 e. The molecule has 1 aliphatic carbocycles. The first-order chi connectivity index (χ1) is 6.39. The van der Waals surface area contributed by atoms with E-state index in [0.717, 1.165) is 11.8 Å². The summed E-state index contributed by atoms with van der Waals surface area (Å²) in [4.78, 5) is 0. The zero-order chi connectivity index (χ0) is 11.0. The molecule has 0 N–H and O–H groups in total. The fourth-order valence-electron chi connectivity index (χ4n) is 3.80. The SMILES string of the molecule is CCCC1C(C)(C)C(CCC)C1(C)S. The van der Waals surface area contributed by atoms with Crippen molar-refractivity contribution in [1.29, 1.82) is 0 Å². The van der Waals surface area contributed by atoms with Crippen LogP contribution in [-0.2, 0) is 0 Å². The van der Waals surface area contributed by atoms with Crippen LogP contribution in [0.3, 0.4) is 0 Å². The van der Waals surface area contributed by atoms with Gasteiger partial charge in [-0.25, -0.2) is 0 Å². The zero-order valence-electron chi connectivity index (χ0n) is 10.4. The molecule has 14 heavy (non-hydrogen) atoms. The quantitative estimate of drug-likeness (QED) is 0.652. The van der Waals surface area contributed by atoms with Gasteiger partial charge in [0.15, 0.2) is 0 Å². The summed E-state index contributed by atoms with van der Waals surface area (Å²) >= 11 is 4.91. The Balaban J connectivity index is 2.73. The first kappa shape index (κ1) is 12.4. The first-order valence-electron chi connectivity index (χ1n) is 6.11. The molecule has 0 aromatic carbocycles. The molecule has 0 radical (unpaired) electrons. The third-order valence-corrected chi connectivity index (χ3v) is 4.99. The number of rotatable bonds is 4. The van der Waals surface area contributed by atoms with Gasteiger partial charge in [0.05, 0.1) is 0 Å². The predicted molar refractivity (Wildman–Crippen MR) is 68.0 cm³/mol. The predicted octanol–water partition coefficient (Wildman–Crippen LogP) is 4.55. The Morgan fingerprint density at radius 2 is 1.29 bits per heavy atom. The highest BCUT2D eigenvalue weighted by Gasteiger charge is 2.60. The molecular weight excluding hydrogens is 188 g/mol. The van der Waals surface area contributed by atoms with Crippen molar-refractivity contribution in [2.45, 2.75) is 65.0 Å². The van der Waals surface area contributed by atoms with Crippen molar-refractivity contribution in [3.8, 4) is 0 Å². The molecule has 1 rings (SSSR count). The van der Waals surface area contributed by atoms with Crippen LogP contribution in [0.5, 0.6) is 0 Å². The van der Waals surface area contributed by atoms with Gasteiger partial charge in [0, 0.05) is 4.75 Å². The molecule has 2 atom stereocenters. The van der Waals surface area contributed by atoms with Crippen LogP contribution in [-0.4, -0.2) is 4.75 Å². The molecule has 0 saturated heterocycles. The Kier molecular flexibility index (Phi) is 3.62. The average Bonchev–Trinajstić information content (AvgIpc) is 2.09. The van der Waals surface area contributed by atoms with Gasteiger partial charge in [0.2, 0.25) is 0 Å². The summed E-state index contributed by atoms with van der Waals surface area (Å²) in [5, 5.41) is 0. The van der Waals surface area contributed by atoms with Crippen molar-refractivity contribution in [2.24, 2.45) is 17.3 Å². The van der Waals surface area contributed by atoms with E-state index in [2.05, 4.69) is 34.6 Å². The molecule has 0 aromatic heterocycles. The molecular formula is C13H26S. The average molecular weight is 214 g/mol. The fourth-order valence-corrected chi connectivity index (χ4v) is 4.73. The van der Waals surface area contributed by atoms with Crippen molar-refractivity contribution in [1.82, 2.24) is 0 Å². The Labute approximate surface area is 95.3 Å². The lowest BCUT2D eigenvalue weighted by molar-refractivity contribution is -0.0704. The molecule has 84 valence electrons. The second-order valence-electron chi connectivity index (χ2n) is 5.73. The van der Waals surface area contributed by atoms with Crippen LogP contribution in [0.25, 0.3) is 0 Å². The van der Waals surface area contributed by atoms with Gasteiger partial charge in [-0.2, -0.15) is 12.6 Å². The lowest BCUT2D eigenvalue weighted by Gasteiger charge is -2.64. The molecule has 0 bridgehead atoms. The third kappa shape index (κ3) is 1.73. The van der Waals surface area contributed by atoms with E-state index in [1.165, 1.54) is 25.7 Å². The molecule has 0 aliphatic heterocycles. The molecule has 2 unspecified atom stereocenters. The van der Waals surface area contributed by atoms with Crippen LogP contribution in [0, 0.1) is 17.3 Å². The lowest BCUT2D eigenvalue weighted by Crippen LogP contribution is -2.62. The van der Waals surface area contributed by atoms with Gasteiger partial charge in [-0.1, -0.05) is 47.5 Å². The minimum atomic E-state index is 0.287. The maximum atomic E-state index is 4.91. The van der Waals surface area contributed by atoms with Crippen LogP contribution in [0.4, 0.5) is 0 Å². The highest BCUT2D eigenvalue weighted by atomic mass is 32.1. The van der Waals surface area contributed by atoms with E-state index in [1.807, 2.05) is 0 Å². The molecule has 0 amide bonds. The molecule has 1 heteroatoms. The summed E-state index contributed by atoms with van der Waals surface area (Å²) < 4.78 is 0.287. The van der Waals surface area contributed by atoms with Gasteiger partial charge in [-0.05, 0) is 30.1 Å². The molecule has 1 fully saturated rings. The van der Waals surface area contributed by atoms with Crippen LogP contribution in [0.2, 0.25) is 0 Å². The van der Waals surface area contributed by atoms with Crippen molar-refractivity contribution >= 4 is 12.6 Å². The second kappa shape index (κ2) is 4.08. The van der Waals surface area contributed by atoms with Crippen LogP contribution in [0.1, 0.15) is 60.3 Å². The van der Waals surface area contributed by atoms with Crippen molar-refractivity contribution in [2.75, 3.05) is 0 Å². The summed E-state index contributed by atoms with van der Waals surface area (Å²) in [6, 6.07) is 0. The maximum absolute atomic E-state index is 4.91. The van der Waals surface area contributed by atoms with Gasteiger partial charge in [-0.15, -0.1) is 0 Å². The van der Waals surface area contributed by atoms with E-state index < -0.39 is 0 Å². The van der Waals surface area contributed by atoms with E-state index >= 15 is 0 Å². The first-order valence-corrected chi connectivity index (χ1v) is 6.56. The zero-order valence-corrected chi connectivity index (χ0v) is 11.3.